The summed E-state index contributed by atoms with van der Waals surface area (Å²) in [6.45, 7) is 5.79. The van der Waals surface area contributed by atoms with Gasteiger partial charge in [-0.25, -0.2) is 9.37 Å². The first-order chi connectivity index (χ1) is 9.63. The van der Waals surface area contributed by atoms with Crippen molar-refractivity contribution in [2.75, 3.05) is 18.5 Å². The number of para-hydroxylation sites is 1. The lowest BCUT2D eigenvalue weighted by Gasteiger charge is -2.21. The Hall–Kier alpha value is -1.94. The summed E-state index contributed by atoms with van der Waals surface area (Å²) in [5, 5.41) is 3.27. The van der Waals surface area contributed by atoms with Crippen molar-refractivity contribution in [1.82, 2.24) is 10.3 Å². The smallest absolute Gasteiger partial charge is 0.146 e. The number of aryl methyl sites for hydroxylation is 1. The van der Waals surface area contributed by atoms with Crippen molar-refractivity contribution in [2.45, 2.75) is 20.4 Å². The monoisotopic (exact) mass is 273 g/mol. The molecule has 0 bridgehead atoms. The molecular formula is C16H20FN3. The highest BCUT2D eigenvalue weighted by Gasteiger charge is 2.12. The molecule has 4 heteroatoms. The van der Waals surface area contributed by atoms with Gasteiger partial charge in [-0.2, -0.15) is 0 Å². The van der Waals surface area contributed by atoms with Crippen molar-refractivity contribution >= 4 is 11.5 Å². The third-order valence-electron chi connectivity index (χ3n) is 3.22. The van der Waals surface area contributed by atoms with Crippen molar-refractivity contribution in [2.24, 2.45) is 0 Å². The molecule has 0 aliphatic rings. The Kier molecular flexibility index (Phi) is 4.69. The second-order valence-electron chi connectivity index (χ2n) is 4.77. The molecule has 0 radical (unpaired) electrons. The summed E-state index contributed by atoms with van der Waals surface area (Å²) in [4.78, 5) is 6.25. The van der Waals surface area contributed by atoms with Crippen LogP contribution < -0.4 is 10.2 Å². The first-order valence-corrected chi connectivity index (χ1v) is 6.78. The summed E-state index contributed by atoms with van der Waals surface area (Å²) in [5.74, 6) is 0.531. The number of aromatic nitrogens is 1. The lowest BCUT2D eigenvalue weighted by atomic mass is 10.2. The highest BCUT2D eigenvalue weighted by atomic mass is 19.1. The number of nitrogens with zero attached hydrogens (tertiary/aromatic N) is 2. The Morgan fingerprint density at radius 3 is 2.70 bits per heavy atom. The van der Waals surface area contributed by atoms with Gasteiger partial charge in [-0.3, -0.25) is 0 Å². The van der Waals surface area contributed by atoms with Gasteiger partial charge in [-0.05, 0) is 42.8 Å². The molecule has 3 nitrogen and oxygen atoms in total. The molecular weight excluding hydrogens is 253 g/mol. The lowest BCUT2D eigenvalue weighted by Crippen LogP contribution is -2.16. The maximum absolute atomic E-state index is 13.8. The van der Waals surface area contributed by atoms with E-state index in [1.54, 1.807) is 17.0 Å². The van der Waals surface area contributed by atoms with E-state index in [2.05, 4.69) is 23.3 Å². The van der Waals surface area contributed by atoms with Gasteiger partial charge in [0.2, 0.25) is 0 Å². The van der Waals surface area contributed by atoms with Crippen molar-refractivity contribution in [3.8, 4) is 0 Å². The topological polar surface area (TPSA) is 28.2 Å². The van der Waals surface area contributed by atoms with Crippen molar-refractivity contribution in [3.63, 3.8) is 0 Å². The number of halogens is 1. The third-order valence-corrected chi connectivity index (χ3v) is 3.22. The first-order valence-electron chi connectivity index (χ1n) is 6.78. The van der Waals surface area contributed by atoms with Crippen molar-refractivity contribution < 1.29 is 4.39 Å². The van der Waals surface area contributed by atoms with Crippen LogP contribution in [0.3, 0.4) is 0 Å². The van der Waals surface area contributed by atoms with Crippen molar-refractivity contribution in [3.05, 3.63) is 53.5 Å². The molecule has 0 aliphatic heterocycles. The molecule has 0 atom stereocenters. The molecule has 106 valence electrons. The molecule has 0 amide bonds. The van der Waals surface area contributed by atoms with E-state index >= 15 is 0 Å². The second-order valence-corrected chi connectivity index (χ2v) is 4.77. The van der Waals surface area contributed by atoms with Crippen molar-refractivity contribution in [1.29, 1.82) is 0 Å². The van der Waals surface area contributed by atoms with Gasteiger partial charge in [0.15, 0.2) is 0 Å². The number of rotatable bonds is 5. The molecule has 2 aromatic rings. The van der Waals surface area contributed by atoms with Gasteiger partial charge in [0.25, 0.3) is 0 Å². The van der Waals surface area contributed by atoms with Gasteiger partial charge >= 0.3 is 0 Å². The average molecular weight is 273 g/mol. The summed E-state index contributed by atoms with van der Waals surface area (Å²) >= 11 is 0. The number of anilines is 2. The zero-order valence-electron chi connectivity index (χ0n) is 12.2. The van der Waals surface area contributed by atoms with Crippen LogP contribution in [0.1, 0.15) is 18.1 Å². The first kappa shape index (κ1) is 14.5. The van der Waals surface area contributed by atoms with Gasteiger partial charge in [-0.15, -0.1) is 0 Å². The largest absolute Gasteiger partial charge is 0.327 e. The zero-order chi connectivity index (χ0) is 14.5. The highest BCUT2D eigenvalue weighted by Crippen LogP contribution is 2.27. The molecule has 1 aromatic heterocycles. The minimum atomic E-state index is -0.243. The van der Waals surface area contributed by atoms with Gasteiger partial charge in [0, 0.05) is 19.8 Å². The van der Waals surface area contributed by atoms with Gasteiger partial charge in [0.05, 0.1) is 5.69 Å². The zero-order valence-corrected chi connectivity index (χ0v) is 12.2. The Balaban J connectivity index is 2.27. The maximum Gasteiger partial charge on any atom is 0.146 e. The minimum absolute atomic E-state index is 0.243. The van der Waals surface area contributed by atoms with Crippen LogP contribution in [-0.2, 0) is 6.54 Å². The fourth-order valence-electron chi connectivity index (χ4n) is 2.18. The molecule has 1 heterocycles. The molecule has 0 fully saturated rings. The molecule has 1 N–H and O–H groups in total. The molecule has 0 aliphatic carbocycles. The third kappa shape index (κ3) is 3.14. The number of benzene rings is 1. The van der Waals surface area contributed by atoms with E-state index < -0.39 is 0 Å². The molecule has 0 saturated carbocycles. The fraction of sp³-hybridized carbons (Fsp3) is 0.312. The molecule has 0 saturated heterocycles. The van der Waals surface area contributed by atoms with Gasteiger partial charge < -0.3 is 10.2 Å². The Morgan fingerprint density at radius 1 is 1.30 bits per heavy atom. The summed E-state index contributed by atoms with van der Waals surface area (Å²) in [6, 6.07) is 8.81. The Bertz CT molecular complexity index is 584. The summed E-state index contributed by atoms with van der Waals surface area (Å²) in [6.07, 6.45) is 1.84. The van der Waals surface area contributed by atoms with Crippen LogP contribution in [0.2, 0.25) is 0 Å². The van der Waals surface area contributed by atoms with E-state index in [0.717, 1.165) is 30.0 Å². The van der Waals surface area contributed by atoms with Crippen LogP contribution in [0.25, 0.3) is 0 Å². The molecule has 2 rings (SSSR count). The van der Waals surface area contributed by atoms with Gasteiger partial charge in [0.1, 0.15) is 11.6 Å². The van der Waals surface area contributed by atoms with E-state index in [1.807, 2.05) is 26.2 Å². The van der Waals surface area contributed by atoms with Crippen LogP contribution in [0.4, 0.5) is 15.9 Å². The van der Waals surface area contributed by atoms with Crippen LogP contribution in [0.5, 0.6) is 0 Å². The molecule has 1 aromatic carbocycles. The highest BCUT2D eigenvalue weighted by molar-refractivity contribution is 5.62. The van der Waals surface area contributed by atoms with Crippen LogP contribution in [-0.4, -0.2) is 18.6 Å². The Labute approximate surface area is 119 Å². The van der Waals surface area contributed by atoms with Crippen LogP contribution in [0, 0.1) is 12.7 Å². The fourth-order valence-corrected chi connectivity index (χ4v) is 2.18. The molecule has 0 unspecified atom stereocenters. The van der Waals surface area contributed by atoms with E-state index in [1.165, 1.54) is 6.07 Å². The number of hydrogen-bond donors (Lipinski definition) is 1. The van der Waals surface area contributed by atoms with E-state index in [9.17, 15) is 4.39 Å². The number of nitrogens with one attached hydrogen (secondary N) is 1. The van der Waals surface area contributed by atoms with Crippen LogP contribution in [0.15, 0.2) is 36.5 Å². The van der Waals surface area contributed by atoms with E-state index in [4.69, 9.17) is 0 Å². The predicted molar refractivity (Wildman–Crippen MR) is 80.8 cm³/mol. The lowest BCUT2D eigenvalue weighted by molar-refractivity contribution is 0.627. The second kappa shape index (κ2) is 6.48. The SMILES string of the molecule is CCNCc1cnc(N(C)c2ccccc2F)c(C)c1. The van der Waals surface area contributed by atoms with E-state index in [0.29, 0.717) is 5.69 Å². The quantitative estimate of drug-likeness (QED) is 0.905. The normalized spacial score (nSPS) is 10.6. The summed E-state index contributed by atoms with van der Waals surface area (Å²) < 4.78 is 13.8. The minimum Gasteiger partial charge on any atom is -0.327 e. The number of hydrogen-bond acceptors (Lipinski definition) is 3. The Morgan fingerprint density at radius 2 is 2.05 bits per heavy atom. The molecule has 20 heavy (non-hydrogen) atoms. The maximum atomic E-state index is 13.8. The average Bonchev–Trinajstić information content (AvgIpc) is 2.45. The summed E-state index contributed by atoms with van der Waals surface area (Å²) in [5.41, 5.74) is 2.70. The predicted octanol–water partition coefficient (Wildman–Crippen LogP) is 3.41. The molecule has 0 spiro atoms. The number of pyridine rings is 1. The standard InChI is InChI=1S/C16H20FN3/c1-4-18-10-13-9-12(2)16(19-11-13)20(3)15-8-6-5-7-14(15)17/h5-9,11,18H,4,10H2,1-3H3. The van der Waals surface area contributed by atoms with Gasteiger partial charge in [-0.1, -0.05) is 19.1 Å². The summed E-state index contributed by atoms with van der Waals surface area (Å²) in [7, 11) is 1.83. The van der Waals surface area contributed by atoms with Crippen LogP contribution >= 0.6 is 0 Å². The van der Waals surface area contributed by atoms with E-state index in [-0.39, 0.29) is 5.82 Å².